The Morgan fingerprint density at radius 3 is 2.52 bits per heavy atom. The molecular weight excluding hydrogens is 340 g/mol. The highest BCUT2D eigenvalue weighted by Gasteiger charge is 2.29. The summed E-state index contributed by atoms with van der Waals surface area (Å²) in [7, 11) is 0. The molecule has 148 valence electrons. The zero-order chi connectivity index (χ0) is 18.6. The summed E-state index contributed by atoms with van der Waals surface area (Å²) >= 11 is 0. The maximum Gasteiger partial charge on any atom is 0.224 e. The number of benzene rings is 1. The molecule has 0 bridgehead atoms. The van der Waals surface area contributed by atoms with Crippen molar-refractivity contribution < 1.29 is 14.3 Å². The molecule has 1 amide bonds. The maximum absolute atomic E-state index is 12.5. The van der Waals surface area contributed by atoms with Gasteiger partial charge in [0.15, 0.2) is 11.5 Å². The molecule has 2 heterocycles. The summed E-state index contributed by atoms with van der Waals surface area (Å²) in [6.07, 6.45) is 7.42. The second-order valence-electron chi connectivity index (χ2n) is 8.49. The highest BCUT2D eigenvalue weighted by Crippen LogP contribution is 2.32. The third-order valence-corrected chi connectivity index (χ3v) is 6.38. The number of nitrogens with one attached hydrogen (secondary N) is 1. The lowest BCUT2D eigenvalue weighted by Crippen LogP contribution is -2.47. The van der Waals surface area contributed by atoms with Crippen LogP contribution >= 0.6 is 0 Å². The molecule has 5 nitrogen and oxygen atoms in total. The molecule has 1 atom stereocenters. The Bertz CT molecular complexity index is 634. The molecule has 2 aliphatic heterocycles. The van der Waals surface area contributed by atoms with Gasteiger partial charge < -0.3 is 19.7 Å². The summed E-state index contributed by atoms with van der Waals surface area (Å²) in [5, 5.41) is 3.23. The normalized spacial score (nSPS) is 29.3. The minimum Gasteiger partial charge on any atom is -0.486 e. The average molecular weight is 373 g/mol. The van der Waals surface area contributed by atoms with Crippen molar-refractivity contribution in [1.82, 2.24) is 10.2 Å². The standard InChI is InChI=1S/C22H32N2O3/c1-16-10-12-24(13-11-16)18-8-6-17(7-9-18)23-22(25)14-19-15-26-20-4-2-3-5-21(20)27-19/h2-5,16-19H,6-15H2,1H3,(H,23,25). The monoisotopic (exact) mass is 372 g/mol. The van der Waals surface area contributed by atoms with E-state index >= 15 is 0 Å². The number of amides is 1. The van der Waals surface area contributed by atoms with Gasteiger partial charge in [0.25, 0.3) is 0 Å². The average Bonchev–Trinajstić information content (AvgIpc) is 2.69. The summed E-state index contributed by atoms with van der Waals surface area (Å²) in [6.45, 7) is 5.31. The fourth-order valence-electron chi connectivity index (χ4n) is 4.64. The van der Waals surface area contributed by atoms with Gasteiger partial charge in [0.1, 0.15) is 12.7 Å². The van der Waals surface area contributed by atoms with Crippen LogP contribution in [0.4, 0.5) is 0 Å². The van der Waals surface area contributed by atoms with E-state index in [2.05, 4.69) is 17.1 Å². The van der Waals surface area contributed by atoms with E-state index in [-0.39, 0.29) is 12.0 Å². The number of fused-ring (bicyclic) bond motifs is 1. The van der Waals surface area contributed by atoms with E-state index in [1.807, 2.05) is 24.3 Å². The van der Waals surface area contributed by atoms with E-state index in [9.17, 15) is 4.79 Å². The van der Waals surface area contributed by atoms with Crippen LogP contribution in [-0.4, -0.2) is 48.7 Å². The minimum absolute atomic E-state index is 0.0817. The first kappa shape index (κ1) is 18.6. The van der Waals surface area contributed by atoms with Crippen molar-refractivity contribution in [2.75, 3.05) is 19.7 Å². The van der Waals surface area contributed by atoms with Gasteiger partial charge >= 0.3 is 0 Å². The molecule has 4 rings (SSSR count). The zero-order valence-electron chi connectivity index (χ0n) is 16.4. The van der Waals surface area contributed by atoms with Crippen molar-refractivity contribution in [3.63, 3.8) is 0 Å². The van der Waals surface area contributed by atoms with Crippen LogP contribution in [0, 0.1) is 5.92 Å². The van der Waals surface area contributed by atoms with Gasteiger partial charge in [-0.15, -0.1) is 0 Å². The summed E-state index contributed by atoms with van der Waals surface area (Å²) in [5.41, 5.74) is 0. The lowest BCUT2D eigenvalue weighted by atomic mass is 9.88. The van der Waals surface area contributed by atoms with Crippen LogP contribution in [0.5, 0.6) is 11.5 Å². The fourth-order valence-corrected chi connectivity index (χ4v) is 4.64. The number of hydrogen-bond donors (Lipinski definition) is 1. The third-order valence-electron chi connectivity index (χ3n) is 6.38. The smallest absolute Gasteiger partial charge is 0.224 e. The van der Waals surface area contributed by atoms with Crippen molar-refractivity contribution in [1.29, 1.82) is 0 Å². The van der Waals surface area contributed by atoms with Crippen LogP contribution in [0.1, 0.15) is 51.9 Å². The third kappa shape index (κ3) is 4.75. The van der Waals surface area contributed by atoms with Crippen LogP contribution in [0.2, 0.25) is 0 Å². The first-order valence-electron chi connectivity index (χ1n) is 10.6. The van der Waals surface area contributed by atoms with Crippen molar-refractivity contribution in [3.8, 4) is 11.5 Å². The van der Waals surface area contributed by atoms with E-state index in [4.69, 9.17) is 9.47 Å². The van der Waals surface area contributed by atoms with E-state index < -0.39 is 0 Å². The Morgan fingerprint density at radius 2 is 1.78 bits per heavy atom. The Balaban J connectivity index is 1.19. The molecule has 1 saturated carbocycles. The number of rotatable bonds is 4. The van der Waals surface area contributed by atoms with Gasteiger partial charge in [-0.3, -0.25) is 4.79 Å². The largest absolute Gasteiger partial charge is 0.486 e. The predicted molar refractivity (Wildman–Crippen MR) is 105 cm³/mol. The molecular formula is C22H32N2O3. The lowest BCUT2D eigenvalue weighted by molar-refractivity contribution is -0.124. The maximum atomic E-state index is 12.5. The second-order valence-corrected chi connectivity index (χ2v) is 8.49. The number of para-hydroxylation sites is 2. The lowest BCUT2D eigenvalue weighted by Gasteiger charge is -2.40. The Morgan fingerprint density at radius 1 is 1.07 bits per heavy atom. The van der Waals surface area contributed by atoms with Gasteiger partial charge in [-0.25, -0.2) is 0 Å². The molecule has 3 aliphatic rings. The summed E-state index contributed by atoms with van der Waals surface area (Å²) in [4.78, 5) is 15.1. The van der Waals surface area contributed by atoms with Gasteiger partial charge in [0.2, 0.25) is 5.91 Å². The molecule has 0 spiro atoms. The molecule has 27 heavy (non-hydrogen) atoms. The molecule has 5 heteroatoms. The van der Waals surface area contributed by atoms with Crippen molar-refractivity contribution in [3.05, 3.63) is 24.3 Å². The van der Waals surface area contributed by atoms with Crippen LogP contribution in [0.15, 0.2) is 24.3 Å². The van der Waals surface area contributed by atoms with E-state index in [1.165, 1.54) is 38.8 Å². The predicted octanol–water partition coefficient (Wildman–Crippen LogP) is 3.38. The molecule has 1 N–H and O–H groups in total. The van der Waals surface area contributed by atoms with Crippen molar-refractivity contribution in [2.24, 2.45) is 5.92 Å². The zero-order valence-corrected chi connectivity index (χ0v) is 16.4. The number of ether oxygens (including phenoxy) is 2. The number of nitrogens with zero attached hydrogens (tertiary/aromatic N) is 1. The van der Waals surface area contributed by atoms with Crippen LogP contribution in [0.3, 0.4) is 0 Å². The van der Waals surface area contributed by atoms with E-state index in [0.717, 1.165) is 36.3 Å². The molecule has 1 unspecified atom stereocenters. The van der Waals surface area contributed by atoms with Crippen molar-refractivity contribution >= 4 is 5.91 Å². The molecule has 2 fully saturated rings. The second kappa shape index (κ2) is 8.51. The molecule has 1 aromatic carbocycles. The van der Waals surface area contributed by atoms with Crippen molar-refractivity contribution in [2.45, 2.75) is 70.1 Å². The van der Waals surface area contributed by atoms with E-state index in [0.29, 0.717) is 19.1 Å². The quantitative estimate of drug-likeness (QED) is 0.880. The van der Waals surface area contributed by atoms with Gasteiger partial charge in [-0.1, -0.05) is 19.1 Å². The van der Waals surface area contributed by atoms with Gasteiger partial charge in [0.05, 0.1) is 6.42 Å². The first-order chi connectivity index (χ1) is 13.2. The molecule has 0 radical (unpaired) electrons. The Labute approximate surface area is 162 Å². The minimum atomic E-state index is -0.202. The molecule has 1 saturated heterocycles. The van der Waals surface area contributed by atoms with Gasteiger partial charge in [0, 0.05) is 12.1 Å². The summed E-state index contributed by atoms with van der Waals surface area (Å²) < 4.78 is 11.6. The highest BCUT2D eigenvalue weighted by molar-refractivity contribution is 5.77. The van der Waals surface area contributed by atoms with Gasteiger partial charge in [-0.05, 0) is 69.7 Å². The first-order valence-corrected chi connectivity index (χ1v) is 10.6. The number of hydrogen-bond acceptors (Lipinski definition) is 4. The highest BCUT2D eigenvalue weighted by atomic mass is 16.6. The van der Waals surface area contributed by atoms with Gasteiger partial charge in [-0.2, -0.15) is 0 Å². The fraction of sp³-hybridized carbons (Fsp3) is 0.682. The summed E-state index contributed by atoms with van der Waals surface area (Å²) in [5.74, 6) is 2.46. The molecule has 1 aliphatic carbocycles. The van der Waals surface area contributed by atoms with Crippen LogP contribution in [-0.2, 0) is 4.79 Å². The Hall–Kier alpha value is -1.75. The van der Waals surface area contributed by atoms with Crippen LogP contribution < -0.4 is 14.8 Å². The summed E-state index contributed by atoms with van der Waals surface area (Å²) in [6, 6.07) is 8.67. The topological polar surface area (TPSA) is 50.8 Å². The molecule has 1 aromatic rings. The number of carbonyl (C=O) groups is 1. The number of likely N-dealkylation sites (tertiary alicyclic amines) is 1. The van der Waals surface area contributed by atoms with E-state index in [1.54, 1.807) is 0 Å². The number of piperidine rings is 1. The molecule has 0 aromatic heterocycles. The number of carbonyl (C=O) groups excluding carboxylic acids is 1. The Kier molecular flexibility index (Phi) is 5.86. The SMILES string of the molecule is CC1CCN(C2CCC(NC(=O)CC3COc4ccccc4O3)CC2)CC1. The van der Waals surface area contributed by atoms with Crippen LogP contribution in [0.25, 0.3) is 0 Å².